The molecule has 0 bridgehead atoms. The lowest BCUT2D eigenvalue weighted by Crippen LogP contribution is -1.92. The van der Waals surface area contributed by atoms with Crippen LogP contribution in [0.15, 0.2) is 15.0 Å². The third-order valence-corrected chi connectivity index (χ3v) is 3.32. The lowest BCUT2D eigenvalue weighted by Gasteiger charge is -2.05. The van der Waals surface area contributed by atoms with Crippen molar-refractivity contribution >= 4 is 43.5 Å². The van der Waals surface area contributed by atoms with Gasteiger partial charge in [0.15, 0.2) is 0 Å². The van der Waals surface area contributed by atoms with Crippen LogP contribution in [0.3, 0.4) is 0 Å². The Kier molecular flexibility index (Phi) is 3.49. The van der Waals surface area contributed by atoms with E-state index < -0.39 is 11.6 Å². The highest BCUT2D eigenvalue weighted by Crippen LogP contribution is 2.31. The molecular weight excluding hydrogens is 317 g/mol. The summed E-state index contributed by atoms with van der Waals surface area (Å²) in [5, 5.41) is 0. The summed E-state index contributed by atoms with van der Waals surface area (Å²) in [5.41, 5.74) is 0.383. The highest BCUT2D eigenvalue weighted by Gasteiger charge is 2.13. The molecule has 1 aromatic carbocycles. The van der Waals surface area contributed by atoms with Crippen LogP contribution in [0.2, 0.25) is 0 Å². The zero-order chi connectivity index (χ0) is 9.30. The minimum Gasteiger partial charge on any atom is -0.206 e. The molecule has 12 heavy (non-hydrogen) atoms. The summed E-state index contributed by atoms with van der Waals surface area (Å²) in [7, 11) is 0. The summed E-state index contributed by atoms with van der Waals surface area (Å²) in [6.45, 7) is 0. The molecule has 0 unspecified atom stereocenters. The minimum atomic E-state index is -0.647. The molecule has 0 spiro atoms. The molecule has 1 aromatic rings. The van der Waals surface area contributed by atoms with Gasteiger partial charge in [-0.2, -0.15) is 0 Å². The van der Waals surface area contributed by atoms with Gasteiger partial charge in [0.2, 0.25) is 0 Å². The molecule has 0 radical (unpaired) electrons. The zero-order valence-corrected chi connectivity index (χ0v) is 9.60. The van der Waals surface area contributed by atoms with Crippen molar-refractivity contribution in [2.75, 3.05) is 0 Å². The van der Waals surface area contributed by atoms with Crippen molar-refractivity contribution in [2.45, 2.75) is 5.88 Å². The maximum atomic E-state index is 12.8. The van der Waals surface area contributed by atoms with Crippen LogP contribution in [0.1, 0.15) is 5.56 Å². The minimum absolute atomic E-state index is 0.0514. The first-order chi connectivity index (χ1) is 5.57. The molecule has 0 saturated heterocycles. The Morgan fingerprint density at radius 2 is 1.58 bits per heavy atom. The molecule has 1 rings (SSSR count). The SMILES string of the molecule is Fc1cc(F)c(Br)c(CCl)c1Br. The molecule has 0 aliphatic rings. The summed E-state index contributed by atoms with van der Waals surface area (Å²) < 4.78 is 26.1. The Hall–Kier alpha value is 0.330. The molecule has 0 nitrogen and oxygen atoms in total. The lowest BCUT2D eigenvalue weighted by molar-refractivity contribution is 0.572. The van der Waals surface area contributed by atoms with E-state index >= 15 is 0 Å². The monoisotopic (exact) mass is 318 g/mol. The number of hydrogen-bond acceptors (Lipinski definition) is 0. The standard InChI is InChI=1S/C7H3Br2ClF2/c8-6-3(2-10)7(9)5(12)1-4(6)11/h1H,2H2. The van der Waals surface area contributed by atoms with Crippen molar-refractivity contribution in [3.8, 4) is 0 Å². The third-order valence-electron chi connectivity index (χ3n) is 1.34. The van der Waals surface area contributed by atoms with Gasteiger partial charge < -0.3 is 0 Å². The summed E-state index contributed by atoms with van der Waals surface area (Å²) in [6, 6.07) is 0.796. The third kappa shape index (κ3) is 1.80. The van der Waals surface area contributed by atoms with Gasteiger partial charge in [0.05, 0.1) is 8.95 Å². The smallest absolute Gasteiger partial charge is 0.140 e. The summed E-state index contributed by atoms with van der Waals surface area (Å²) in [4.78, 5) is 0. The number of alkyl halides is 1. The predicted octanol–water partition coefficient (Wildman–Crippen LogP) is 4.23. The molecule has 66 valence electrons. The van der Waals surface area contributed by atoms with E-state index in [0.717, 1.165) is 6.07 Å². The van der Waals surface area contributed by atoms with E-state index in [2.05, 4.69) is 31.9 Å². The van der Waals surface area contributed by atoms with Crippen molar-refractivity contribution in [1.29, 1.82) is 0 Å². The van der Waals surface area contributed by atoms with Gasteiger partial charge in [-0.3, -0.25) is 0 Å². The molecular formula is C7H3Br2ClF2. The summed E-state index contributed by atoms with van der Waals surface area (Å²) in [5.74, 6) is -1.24. The molecule has 0 amide bonds. The maximum Gasteiger partial charge on any atom is 0.140 e. The van der Waals surface area contributed by atoms with Crippen LogP contribution in [-0.4, -0.2) is 0 Å². The molecule has 0 fully saturated rings. The molecule has 0 atom stereocenters. The number of rotatable bonds is 1. The van der Waals surface area contributed by atoms with Gasteiger partial charge in [-0.15, -0.1) is 11.6 Å². The van der Waals surface area contributed by atoms with E-state index in [1.165, 1.54) is 0 Å². The fourth-order valence-electron chi connectivity index (χ4n) is 0.740. The molecule has 0 heterocycles. The second kappa shape index (κ2) is 4.03. The van der Waals surface area contributed by atoms with Crippen molar-refractivity contribution < 1.29 is 8.78 Å². The largest absolute Gasteiger partial charge is 0.206 e. The van der Waals surface area contributed by atoms with E-state index in [0.29, 0.717) is 5.56 Å². The maximum absolute atomic E-state index is 12.8. The van der Waals surface area contributed by atoms with Gasteiger partial charge >= 0.3 is 0 Å². The van der Waals surface area contributed by atoms with E-state index in [1.807, 2.05) is 0 Å². The molecule has 0 aliphatic carbocycles. The van der Waals surface area contributed by atoms with Crippen molar-refractivity contribution in [3.63, 3.8) is 0 Å². The van der Waals surface area contributed by atoms with Gasteiger partial charge in [-0.05, 0) is 31.9 Å². The first kappa shape index (κ1) is 10.4. The molecule has 0 aromatic heterocycles. The number of halogens is 5. The van der Waals surface area contributed by atoms with Crippen LogP contribution in [0.5, 0.6) is 0 Å². The van der Waals surface area contributed by atoms with Gasteiger partial charge in [0.25, 0.3) is 0 Å². The van der Waals surface area contributed by atoms with E-state index in [1.54, 1.807) is 0 Å². The Morgan fingerprint density at radius 3 is 1.92 bits per heavy atom. The van der Waals surface area contributed by atoms with Gasteiger partial charge in [-0.1, -0.05) is 0 Å². The van der Waals surface area contributed by atoms with Crippen LogP contribution >= 0.6 is 43.5 Å². The first-order valence-corrected chi connectivity index (χ1v) is 5.07. The first-order valence-electron chi connectivity index (χ1n) is 2.95. The normalized spacial score (nSPS) is 10.4. The Balaban J connectivity index is 3.42. The van der Waals surface area contributed by atoms with E-state index in [4.69, 9.17) is 11.6 Å². The van der Waals surface area contributed by atoms with Gasteiger partial charge in [0.1, 0.15) is 11.6 Å². The fraction of sp³-hybridized carbons (Fsp3) is 0.143. The molecule has 0 aliphatic heterocycles. The quantitative estimate of drug-likeness (QED) is 0.537. The number of hydrogen-bond donors (Lipinski definition) is 0. The second-order valence-corrected chi connectivity index (χ2v) is 3.93. The fourth-order valence-corrected chi connectivity index (χ4v) is 2.50. The summed E-state index contributed by atoms with van der Waals surface area (Å²) in [6.07, 6.45) is 0. The van der Waals surface area contributed by atoms with Gasteiger partial charge in [0, 0.05) is 17.5 Å². The molecule has 0 N–H and O–H groups in total. The summed E-state index contributed by atoms with van der Waals surface area (Å²) >= 11 is 11.4. The second-order valence-electron chi connectivity index (χ2n) is 2.08. The van der Waals surface area contributed by atoms with Gasteiger partial charge in [-0.25, -0.2) is 8.78 Å². The van der Waals surface area contributed by atoms with Crippen molar-refractivity contribution in [2.24, 2.45) is 0 Å². The predicted molar refractivity (Wildman–Crippen MR) is 51.3 cm³/mol. The topological polar surface area (TPSA) is 0 Å². The van der Waals surface area contributed by atoms with Crippen LogP contribution in [0.25, 0.3) is 0 Å². The lowest BCUT2D eigenvalue weighted by atomic mass is 10.2. The zero-order valence-electron chi connectivity index (χ0n) is 5.67. The van der Waals surface area contributed by atoms with Crippen LogP contribution in [-0.2, 0) is 5.88 Å². The number of benzene rings is 1. The van der Waals surface area contributed by atoms with Crippen LogP contribution in [0.4, 0.5) is 8.78 Å². The van der Waals surface area contributed by atoms with Crippen molar-refractivity contribution in [3.05, 3.63) is 32.2 Å². The highest BCUT2D eigenvalue weighted by molar-refractivity contribution is 9.11. The average molecular weight is 320 g/mol. The molecule has 0 saturated carbocycles. The molecule has 5 heteroatoms. The Morgan fingerprint density at radius 1 is 1.17 bits per heavy atom. The Labute approximate surface area is 90.2 Å². The van der Waals surface area contributed by atoms with E-state index in [-0.39, 0.29) is 14.8 Å². The van der Waals surface area contributed by atoms with Crippen LogP contribution < -0.4 is 0 Å². The van der Waals surface area contributed by atoms with E-state index in [9.17, 15) is 8.78 Å². The Bertz CT molecular complexity index is 289. The van der Waals surface area contributed by atoms with Crippen LogP contribution in [0, 0.1) is 11.6 Å². The average Bonchev–Trinajstić information content (AvgIpc) is 2.02. The highest BCUT2D eigenvalue weighted by atomic mass is 79.9. The van der Waals surface area contributed by atoms with Crippen molar-refractivity contribution in [1.82, 2.24) is 0 Å².